The molecule has 13 heteroatoms. The van der Waals surface area contributed by atoms with Crippen LogP contribution >= 0.6 is 0 Å². The van der Waals surface area contributed by atoms with Crippen molar-refractivity contribution in [3.8, 4) is 0 Å². The lowest BCUT2D eigenvalue weighted by atomic mass is 9.90. The fourth-order valence-corrected chi connectivity index (χ4v) is 7.43. The molecule has 6 rings (SSSR count). The topological polar surface area (TPSA) is 170 Å². The smallest absolute Gasteiger partial charge is 0.315 e. The number of aliphatic hydroxyl groups is 3. The molecule has 13 nitrogen and oxygen atoms in total. The zero-order valence-corrected chi connectivity index (χ0v) is 29.8. The Morgan fingerprint density at radius 2 is 1.63 bits per heavy atom. The van der Waals surface area contributed by atoms with Crippen molar-refractivity contribution >= 4 is 23.0 Å². The van der Waals surface area contributed by atoms with E-state index in [0.717, 1.165) is 17.7 Å². The van der Waals surface area contributed by atoms with Crippen LogP contribution in [0.5, 0.6) is 0 Å². The summed E-state index contributed by atoms with van der Waals surface area (Å²) in [7, 11) is 0. The van der Waals surface area contributed by atoms with E-state index in [0.29, 0.717) is 41.9 Å². The Hall–Kier alpha value is -4.14. The first-order valence-corrected chi connectivity index (χ1v) is 18.1. The van der Waals surface area contributed by atoms with Gasteiger partial charge < -0.3 is 36.0 Å². The molecule has 3 heterocycles. The van der Waals surface area contributed by atoms with E-state index < -0.39 is 31.1 Å². The van der Waals surface area contributed by atoms with Crippen LogP contribution in [0.4, 0.5) is 10.6 Å². The third-order valence-electron chi connectivity index (χ3n) is 10.1. The molecule has 2 aliphatic rings. The molecule has 6 N–H and O–H groups in total. The molecule has 4 aromatic rings. The van der Waals surface area contributed by atoms with Gasteiger partial charge in [-0.15, -0.1) is 0 Å². The Bertz CT molecular complexity index is 1670. The third kappa shape index (κ3) is 8.67. The lowest BCUT2D eigenvalue weighted by Crippen LogP contribution is -2.52. The number of anilines is 1. The van der Waals surface area contributed by atoms with Crippen molar-refractivity contribution in [1.82, 2.24) is 35.1 Å². The maximum atomic E-state index is 13.0. The van der Waals surface area contributed by atoms with Crippen molar-refractivity contribution in [2.75, 3.05) is 31.6 Å². The molecule has 0 unspecified atom stereocenters. The zero-order chi connectivity index (χ0) is 36.0. The number of hydrogen-bond acceptors (Lipinski definition) is 10. The van der Waals surface area contributed by atoms with Crippen LogP contribution in [-0.2, 0) is 11.3 Å². The molecule has 1 aliphatic carbocycles. The molecule has 51 heavy (non-hydrogen) atoms. The predicted molar refractivity (Wildman–Crippen MR) is 195 cm³/mol. The van der Waals surface area contributed by atoms with Crippen LogP contribution in [0.2, 0.25) is 0 Å². The molecule has 2 aromatic carbocycles. The SMILES string of the molecule is CC(C)(C)N(CCNC(=O)NCc1nc(NCC(c2ccccc2)c2ccccc2)c2ncn([C@@H]3O[C@H](CO)[C@@H](O)[C@H]3O)c2n1)C1CCCCC1. The summed E-state index contributed by atoms with van der Waals surface area (Å²) >= 11 is 0. The zero-order valence-electron chi connectivity index (χ0n) is 29.8. The summed E-state index contributed by atoms with van der Waals surface area (Å²) in [5, 5.41) is 40.4. The number of amides is 2. The first kappa shape index (κ1) is 36.6. The van der Waals surface area contributed by atoms with Gasteiger partial charge in [0.2, 0.25) is 0 Å². The Morgan fingerprint density at radius 3 is 2.24 bits per heavy atom. The number of benzene rings is 2. The number of hydrogen-bond donors (Lipinski definition) is 6. The average molecular weight is 701 g/mol. The van der Waals surface area contributed by atoms with Crippen LogP contribution in [0.1, 0.15) is 82.0 Å². The number of imidazole rings is 1. The quantitative estimate of drug-likeness (QED) is 0.120. The number of fused-ring (bicyclic) bond motifs is 1. The highest BCUT2D eigenvalue weighted by Gasteiger charge is 2.44. The number of carbonyl (C=O) groups excluding carboxylic acids is 1. The summed E-state index contributed by atoms with van der Waals surface area (Å²) in [5.74, 6) is 0.768. The number of aliphatic hydroxyl groups excluding tert-OH is 3. The van der Waals surface area contributed by atoms with Crippen molar-refractivity contribution in [3.05, 3.63) is 83.9 Å². The molecule has 0 bridgehead atoms. The van der Waals surface area contributed by atoms with Crippen molar-refractivity contribution in [1.29, 1.82) is 0 Å². The summed E-state index contributed by atoms with van der Waals surface area (Å²) in [4.78, 5) is 29.7. The largest absolute Gasteiger partial charge is 0.394 e. The highest BCUT2D eigenvalue weighted by molar-refractivity contribution is 5.83. The fourth-order valence-electron chi connectivity index (χ4n) is 7.43. The van der Waals surface area contributed by atoms with Crippen LogP contribution in [0, 0.1) is 0 Å². The first-order chi connectivity index (χ1) is 24.6. The summed E-state index contributed by atoms with van der Waals surface area (Å²) < 4.78 is 7.35. The van der Waals surface area contributed by atoms with Gasteiger partial charge in [0.25, 0.3) is 0 Å². The van der Waals surface area contributed by atoms with Gasteiger partial charge in [0, 0.05) is 37.1 Å². The highest BCUT2D eigenvalue weighted by atomic mass is 16.6. The van der Waals surface area contributed by atoms with E-state index in [2.05, 4.69) is 70.9 Å². The van der Waals surface area contributed by atoms with E-state index in [1.54, 1.807) is 0 Å². The van der Waals surface area contributed by atoms with Crippen LogP contribution in [-0.4, -0.2) is 102 Å². The van der Waals surface area contributed by atoms with E-state index in [9.17, 15) is 20.1 Å². The highest BCUT2D eigenvalue weighted by Crippen LogP contribution is 2.33. The summed E-state index contributed by atoms with van der Waals surface area (Å²) in [6, 6.07) is 20.6. The minimum atomic E-state index is -1.32. The van der Waals surface area contributed by atoms with Gasteiger partial charge in [0.1, 0.15) is 18.3 Å². The second-order valence-corrected chi connectivity index (χ2v) is 14.6. The molecule has 0 radical (unpaired) electrons. The lowest BCUT2D eigenvalue weighted by Gasteiger charge is -2.43. The van der Waals surface area contributed by atoms with Crippen molar-refractivity contribution in [2.45, 2.75) is 101 Å². The molecule has 2 amide bonds. The molecule has 2 fully saturated rings. The van der Waals surface area contributed by atoms with Gasteiger partial charge in [-0.3, -0.25) is 9.47 Å². The minimum absolute atomic E-state index is 0.000354. The van der Waals surface area contributed by atoms with Crippen molar-refractivity contribution in [3.63, 3.8) is 0 Å². The average Bonchev–Trinajstić information content (AvgIpc) is 3.69. The minimum Gasteiger partial charge on any atom is -0.394 e. The monoisotopic (exact) mass is 700 g/mol. The van der Waals surface area contributed by atoms with Crippen molar-refractivity contribution in [2.24, 2.45) is 0 Å². The van der Waals surface area contributed by atoms with Crippen LogP contribution in [0.25, 0.3) is 11.2 Å². The molecule has 1 aliphatic heterocycles. The molecule has 274 valence electrons. The molecule has 0 spiro atoms. The Labute approximate surface area is 299 Å². The molecule has 2 aromatic heterocycles. The van der Waals surface area contributed by atoms with Gasteiger partial charge in [-0.1, -0.05) is 79.9 Å². The number of aromatic nitrogens is 4. The van der Waals surface area contributed by atoms with E-state index in [4.69, 9.17) is 14.7 Å². The summed E-state index contributed by atoms with van der Waals surface area (Å²) in [5.41, 5.74) is 3.05. The Morgan fingerprint density at radius 1 is 0.961 bits per heavy atom. The molecule has 1 saturated carbocycles. The third-order valence-corrected chi connectivity index (χ3v) is 10.1. The van der Waals surface area contributed by atoms with Crippen molar-refractivity contribution < 1.29 is 24.9 Å². The Balaban J connectivity index is 1.21. The molecule has 1 saturated heterocycles. The van der Waals surface area contributed by atoms with E-state index in [-0.39, 0.29) is 24.0 Å². The number of carbonyl (C=O) groups is 1. The number of rotatable bonds is 13. The predicted octanol–water partition coefficient (Wildman–Crippen LogP) is 3.91. The van der Waals surface area contributed by atoms with Gasteiger partial charge in [-0.05, 0) is 44.7 Å². The van der Waals surface area contributed by atoms with Gasteiger partial charge in [-0.25, -0.2) is 19.7 Å². The summed E-state index contributed by atoms with van der Waals surface area (Å²) in [6.07, 6.45) is 3.05. The Kier molecular flexibility index (Phi) is 11.8. The fraction of sp³-hybridized carbons (Fsp3) is 0.526. The lowest BCUT2D eigenvalue weighted by molar-refractivity contribution is -0.0511. The number of nitrogens with zero attached hydrogens (tertiary/aromatic N) is 5. The summed E-state index contributed by atoms with van der Waals surface area (Å²) in [6.45, 7) is 8.01. The maximum Gasteiger partial charge on any atom is 0.315 e. The van der Waals surface area contributed by atoms with Gasteiger partial charge >= 0.3 is 6.03 Å². The van der Waals surface area contributed by atoms with E-state index in [1.807, 2.05) is 36.4 Å². The van der Waals surface area contributed by atoms with Crippen LogP contribution < -0.4 is 16.0 Å². The van der Waals surface area contributed by atoms with Crippen LogP contribution in [0.15, 0.2) is 67.0 Å². The second kappa shape index (κ2) is 16.5. The second-order valence-electron chi connectivity index (χ2n) is 14.6. The molecular formula is C38H52N8O5. The molecular weight excluding hydrogens is 648 g/mol. The molecule has 4 atom stereocenters. The standard InChI is InChI=1S/C38H52N8O5/c1-38(2,3)46(27-17-11-6-12-18-27)20-19-39-37(50)41-22-30-43-34(40-21-28(25-13-7-4-8-14-25)26-15-9-5-10-16-26)31-35(44-30)45(24-42-31)36-33(49)32(48)29(23-47)51-36/h4-5,7-10,13-16,24,27-29,32-33,36,47-49H,6,11-12,17-23H2,1-3H3,(H2,39,41,50)(H,40,43,44)/t29-,32-,33-,36-/m1/s1. The normalized spacial score (nSPS) is 21.4. The first-order valence-electron chi connectivity index (χ1n) is 18.1. The number of nitrogens with one attached hydrogen (secondary N) is 3. The van der Waals surface area contributed by atoms with E-state index >= 15 is 0 Å². The maximum absolute atomic E-state index is 13.0. The van der Waals surface area contributed by atoms with Gasteiger partial charge in [0.15, 0.2) is 29.0 Å². The van der Waals surface area contributed by atoms with E-state index in [1.165, 1.54) is 43.0 Å². The van der Waals surface area contributed by atoms with Gasteiger partial charge in [0.05, 0.1) is 19.5 Å². The number of urea groups is 1. The van der Waals surface area contributed by atoms with Crippen LogP contribution in [0.3, 0.4) is 0 Å². The number of ether oxygens (including phenoxy) is 1. The van der Waals surface area contributed by atoms with Gasteiger partial charge in [-0.2, -0.15) is 0 Å².